The van der Waals surface area contributed by atoms with Gasteiger partial charge in [-0.1, -0.05) is 0 Å². The second-order valence-corrected chi connectivity index (χ2v) is 5.24. The van der Waals surface area contributed by atoms with Crippen LogP contribution >= 0.6 is 43.2 Å². The highest BCUT2D eigenvalue weighted by Gasteiger charge is 2.09. The van der Waals surface area contributed by atoms with E-state index in [2.05, 4.69) is 37.9 Å². The molecule has 1 aromatic heterocycles. The van der Waals surface area contributed by atoms with Crippen LogP contribution < -0.4 is 0 Å². The molecular formula is C9H6Br2OS. The molecule has 2 aromatic rings. The van der Waals surface area contributed by atoms with E-state index in [9.17, 15) is 5.11 Å². The van der Waals surface area contributed by atoms with E-state index in [0.717, 1.165) is 19.9 Å². The standard InChI is InChI=1S/C9H6Br2OS/c10-7-3-8-5(1-2-13-8)6(4-12)9(7)11/h1-3,12H,4H2. The molecule has 1 aromatic carbocycles. The van der Waals surface area contributed by atoms with Crippen molar-refractivity contribution in [3.8, 4) is 0 Å². The molecule has 0 fully saturated rings. The molecule has 0 amide bonds. The van der Waals surface area contributed by atoms with Crippen LogP contribution in [0.15, 0.2) is 26.5 Å². The van der Waals surface area contributed by atoms with Gasteiger partial charge in [-0.3, -0.25) is 0 Å². The number of aliphatic hydroxyl groups is 1. The van der Waals surface area contributed by atoms with Gasteiger partial charge in [-0.05, 0) is 54.8 Å². The normalized spacial score (nSPS) is 11.0. The first kappa shape index (κ1) is 9.65. The molecular weight excluding hydrogens is 316 g/mol. The van der Waals surface area contributed by atoms with E-state index in [-0.39, 0.29) is 6.61 Å². The molecule has 0 saturated heterocycles. The molecule has 68 valence electrons. The molecule has 0 bridgehead atoms. The maximum absolute atomic E-state index is 9.21. The molecule has 2 rings (SSSR count). The van der Waals surface area contributed by atoms with Crippen molar-refractivity contribution >= 4 is 53.3 Å². The fraction of sp³-hybridized carbons (Fsp3) is 0.111. The average Bonchev–Trinajstić information content (AvgIpc) is 2.54. The van der Waals surface area contributed by atoms with Gasteiger partial charge in [-0.2, -0.15) is 0 Å². The van der Waals surface area contributed by atoms with Gasteiger partial charge in [0.25, 0.3) is 0 Å². The number of hydrogen-bond acceptors (Lipinski definition) is 2. The SMILES string of the molecule is OCc1c(Br)c(Br)cc2sccc12. The van der Waals surface area contributed by atoms with E-state index in [4.69, 9.17) is 0 Å². The second-order valence-electron chi connectivity index (χ2n) is 2.64. The maximum atomic E-state index is 9.21. The van der Waals surface area contributed by atoms with E-state index >= 15 is 0 Å². The molecule has 4 heteroatoms. The highest BCUT2D eigenvalue weighted by Crippen LogP contribution is 2.35. The van der Waals surface area contributed by atoms with Gasteiger partial charge in [0.05, 0.1) is 6.61 Å². The molecule has 0 radical (unpaired) electrons. The predicted octanol–water partition coefficient (Wildman–Crippen LogP) is 3.92. The zero-order valence-corrected chi connectivity index (χ0v) is 10.5. The van der Waals surface area contributed by atoms with Gasteiger partial charge in [-0.25, -0.2) is 0 Å². The third kappa shape index (κ3) is 1.56. The monoisotopic (exact) mass is 320 g/mol. The Labute approximate surface area is 96.6 Å². The minimum absolute atomic E-state index is 0.0628. The van der Waals surface area contributed by atoms with E-state index in [1.165, 1.54) is 4.70 Å². The number of benzene rings is 1. The van der Waals surface area contributed by atoms with Crippen molar-refractivity contribution in [3.05, 3.63) is 32.0 Å². The molecule has 1 N–H and O–H groups in total. The smallest absolute Gasteiger partial charge is 0.0699 e. The number of hydrogen-bond donors (Lipinski definition) is 1. The molecule has 0 saturated carbocycles. The van der Waals surface area contributed by atoms with E-state index in [1.807, 2.05) is 11.4 Å². The van der Waals surface area contributed by atoms with E-state index < -0.39 is 0 Å². The van der Waals surface area contributed by atoms with Crippen LogP contribution in [0.1, 0.15) is 5.56 Å². The van der Waals surface area contributed by atoms with Crippen molar-refractivity contribution in [1.29, 1.82) is 0 Å². The fourth-order valence-corrected chi connectivity index (χ4v) is 3.21. The molecule has 0 atom stereocenters. The number of fused-ring (bicyclic) bond motifs is 1. The number of aliphatic hydroxyl groups excluding tert-OH is 1. The average molecular weight is 322 g/mol. The Bertz CT molecular complexity index is 450. The first-order valence-corrected chi connectivity index (χ1v) is 6.15. The lowest BCUT2D eigenvalue weighted by atomic mass is 10.1. The van der Waals surface area contributed by atoms with Crippen molar-refractivity contribution in [2.24, 2.45) is 0 Å². The van der Waals surface area contributed by atoms with Crippen LogP contribution in [-0.4, -0.2) is 5.11 Å². The van der Waals surface area contributed by atoms with Crippen LogP contribution in [0.4, 0.5) is 0 Å². The quantitative estimate of drug-likeness (QED) is 0.844. The number of halogens is 2. The summed E-state index contributed by atoms with van der Waals surface area (Å²) in [6, 6.07) is 4.09. The van der Waals surface area contributed by atoms with Gasteiger partial charge in [0.2, 0.25) is 0 Å². The van der Waals surface area contributed by atoms with Crippen molar-refractivity contribution < 1.29 is 5.11 Å². The Hall–Kier alpha value is 0.1000. The molecule has 1 heterocycles. The predicted molar refractivity (Wildman–Crippen MR) is 63.1 cm³/mol. The van der Waals surface area contributed by atoms with Crippen molar-refractivity contribution in [3.63, 3.8) is 0 Å². The zero-order valence-electron chi connectivity index (χ0n) is 6.55. The van der Waals surface area contributed by atoms with E-state index in [1.54, 1.807) is 11.3 Å². The largest absolute Gasteiger partial charge is 0.392 e. The zero-order chi connectivity index (χ0) is 9.42. The van der Waals surface area contributed by atoms with Gasteiger partial charge in [0.15, 0.2) is 0 Å². The van der Waals surface area contributed by atoms with Crippen LogP contribution in [-0.2, 0) is 6.61 Å². The van der Waals surface area contributed by atoms with E-state index in [0.29, 0.717) is 0 Å². The third-order valence-corrected chi connectivity index (χ3v) is 4.84. The summed E-state index contributed by atoms with van der Waals surface area (Å²) in [5.41, 5.74) is 0.950. The summed E-state index contributed by atoms with van der Waals surface area (Å²) < 4.78 is 3.13. The Balaban J connectivity index is 2.87. The van der Waals surface area contributed by atoms with Crippen LogP contribution in [0.3, 0.4) is 0 Å². The molecule has 0 aliphatic carbocycles. The van der Waals surface area contributed by atoms with Crippen molar-refractivity contribution in [2.45, 2.75) is 6.61 Å². The molecule has 1 nitrogen and oxygen atoms in total. The summed E-state index contributed by atoms with van der Waals surface area (Å²) in [5, 5.41) is 12.4. The molecule has 0 unspecified atom stereocenters. The lowest BCUT2D eigenvalue weighted by Crippen LogP contribution is -1.86. The van der Waals surface area contributed by atoms with Gasteiger partial charge < -0.3 is 5.11 Å². The second kappa shape index (κ2) is 3.69. The molecule has 13 heavy (non-hydrogen) atoms. The van der Waals surface area contributed by atoms with Crippen LogP contribution in [0.5, 0.6) is 0 Å². The van der Waals surface area contributed by atoms with Crippen molar-refractivity contribution in [2.75, 3.05) is 0 Å². The Kier molecular flexibility index (Phi) is 2.74. The third-order valence-electron chi connectivity index (χ3n) is 1.91. The van der Waals surface area contributed by atoms with Gasteiger partial charge in [0.1, 0.15) is 0 Å². The lowest BCUT2D eigenvalue weighted by molar-refractivity contribution is 0.282. The summed E-state index contributed by atoms with van der Waals surface area (Å²) in [5.74, 6) is 0. The Morgan fingerprint density at radius 3 is 2.85 bits per heavy atom. The van der Waals surface area contributed by atoms with Crippen LogP contribution in [0.2, 0.25) is 0 Å². The van der Waals surface area contributed by atoms with Gasteiger partial charge >= 0.3 is 0 Å². The van der Waals surface area contributed by atoms with Crippen LogP contribution in [0, 0.1) is 0 Å². The lowest BCUT2D eigenvalue weighted by Gasteiger charge is -2.04. The first-order chi connectivity index (χ1) is 6.24. The molecule has 0 aliphatic heterocycles. The Morgan fingerprint density at radius 1 is 1.38 bits per heavy atom. The van der Waals surface area contributed by atoms with Gasteiger partial charge in [0, 0.05) is 19.2 Å². The summed E-state index contributed by atoms with van der Waals surface area (Å²) in [4.78, 5) is 0. The maximum Gasteiger partial charge on any atom is 0.0699 e. The van der Waals surface area contributed by atoms with Crippen molar-refractivity contribution in [1.82, 2.24) is 0 Å². The Morgan fingerprint density at radius 2 is 2.15 bits per heavy atom. The fourth-order valence-electron chi connectivity index (χ4n) is 1.28. The number of rotatable bonds is 1. The van der Waals surface area contributed by atoms with Gasteiger partial charge in [-0.15, -0.1) is 11.3 Å². The minimum Gasteiger partial charge on any atom is -0.392 e. The molecule has 0 spiro atoms. The minimum atomic E-state index is 0.0628. The highest BCUT2D eigenvalue weighted by molar-refractivity contribution is 9.13. The highest BCUT2D eigenvalue weighted by atomic mass is 79.9. The topological polar surface area (TPSA) is 20.2 Å². The summed E-state index contributed by atoms with van der Waals surface area (Å²) in [6.45, 7) is 0.0628. The summed E-state index contributed by atoms with van der Waals surface area (Å²) in [7, 11) is 0. The van der Waals surface area contributed by atoms with Crippen LogP contribution in [0.25, 0.3) is 10.1 Å². The molecule has 0 aliphatic rings. The first-order valence-electron chi connectivity index (χ1n) is 3.69. The summed E-state index contributed by atoms with van der Waals surface area (Å²) in [6.07, 6.45) is 0. The summed E-state index contributed by atoms with van der Waals surface area (Å²) >= 11 is 8.56. The number of thiophene rings is 1.